The van der Waals surface area contributed by atoms with Gasteiger partial charge in [0.1, 0.15) is 18.0 Å². The van der Waals surface area contributed by atoms with Crippen molar-refractivity contribution >= 4 is 27.3 Å². The molecule has 0 saturated heterocycles. The lowest BCUT2D eigenvalue weighted by Gasteiger charge is -2.32. The number of nitrogens with zero attached hydrogens (tertiary/aromatic N) is 2. The van der Waals surface area contributed by atoms with Gasteiger partial charge in [-0.2, -0.15) is 0 Å². The molecule has 0 radical (unpaired) electrons. The van der Waals surface area contributed by atoms with Crippen molar-refractivity contribution in [2.75, 3.05) is 42.8 Å². The maximum Gasteiger partial charge on any atom is 0.247 e. The molecule has 0 aromatic heterocycles. The zero-order chi connectivity index (χ0) is 20.3. The standard InChI is InChI=1S/C20H24N2O5S/c1-26-16-10-11-18(19(13-16)27-2)22(28(3,24)25)14-20(23)21-12-6-8-15-7-4-5-9-17(15)21/h4-5,7,9-11,13H,6,8,12,14H2,1-3H3. The average molecular weight is 404 g/mol. The molecule has 0 bridgehead atoms. The van der Waals surface area contributed by atoms with Crippen LogP contribution in [0.2, 0.25) is 0 Å². The van der Waals surface area contributed by atoms with E-state index in [1.807, 2.05) is 24.3 Å². The Morgan fingerprint density at radius 1 is 1.14 bits per heavy atom. The number of anilines is 2. The molecule has 0 unspecified atom stereocenters. The third-order valence-corrected chi connectivity index (χ3v) is 5.87. The number of aryl methyl sites for hydroxylation is 1. The van der Waals surface area contributed by atoms with Crippen molar-refractivity contribution < 1.29 is 22.7 Å². The summed E-state index contributed by atoms with van der Waals surface area (Å²) in [6, 6.07) is 12.5. The molecule has 2 aromatic carbocycles. The van der Waals surface area contributed by atoms with Crippen molar-refractivity contribution in [3.63, 3.8) is 0 Å². The highest BCUT2D eigenvalue weighted by Gasteiger charge is 2.29. The van der Waals surface area contributed by atoms with Crippen LogP contribution in [-0.4, -0.2) is 47.9 Å². The van der Waals surface area contributed by atoms with Crippen LogP contribution < -0.4 is 18.7 Å². The smallest absolute Gasteiger partial charge is 0.247 e. The molecule has 3 rings (SSSR count). The van der Waals surface area contributed by atoms with Crippen molar-refractivity contribution in [1.82, 2.24) is 0 Å². The Kier molecular flexibility index (Phi) is 5.79. The van der Waals surface area contributed by atoms with E-state index >= 15 is 0 Å². The van der Waals surface area contributed by atoms with E-state index in [4.69, 9.17) is 9.47 Å². The molecule has 28 heavy (non-hydrogen) atoms. The summed E-state index contributed by atoms with van der Waals surface area (Å²) in [4.78, 5) is 14.7. The average Bonchev–Trinajstić information content (AvgIpc) is 2.70. The van der Waals surface area contributed by atoms with E-state index in [1.54, 1.807) is 23.1 Å². The van der Waals surface area contributed by atoms with Gasteiger partial charge in [-0.25, -0.2) is 8.42 Å². The van der Waals surface area contributed by atoms with Crippen LogP contribution in [0.5, 0.6) is 11.5 Å². The first kappa shape index (κ1) is 20.0. The fourth-order valence-corrected chi connectivity index (χ4v) is 4.23. The number of fused-ring (bicyclic) bond motifs is 1. The van der Waals surface area contributed by atoms with Crippen LogP contribution in [0.15, 0.2) is 42.5 Å². The number of hydrogen-bond donors (Lipinski definition) is 0. The fourth-order valence-electron chi connectivity index (χ4n) is 3.37. The van der Waals surface area contributed by atoms with Crippen LogP contribution in [-0.2, 0) is 21.2 Å². The van der Waals surface area contributed by atoms with Gasteiger partial charge in [0, 0.05) is 18.3 Å². The zero-order valence-corrected chi connectivity index (χ0v) is 17.0. The SMILES string of the molecule is COc1ccc(N(CC(=O)N2CCCc3ccccc32)S(C)(=O)=O)c(OC)c1. The predicted octanol–water partition coefficient (Wildman–Crippen LogP) is 2.45. The van der Waals surface area contributed by atoms with Crippen molar-refractivity contribution in [1.29, 1.82) is 0 Å². The third-order valence-electron chi connectivity index (χ3n) is 4.75. The number of ether oxygens (including phenoxy) is 2. The Labute approximate surface area is 165 Å². The Morgan fingerprint density at radius 2 is 1.89 bits per heavy atom. The van der Waals surface area contributed by atoms with Gasteiger partial charge < -0.3 is 14.4 Å². The van der Waals surface area contributed by atoms with Crippen molar-refractivity contribution in [3.05, 3.63) is 48.0 Å². The highest BCUT2D eigenvalue weighted by atomic mass is 32.2. The molecular weight excluding hydrogens is 380 g/mol. The molecule has 0 spiro atoms. The largest absolute Gasteiger partial charge is 0.497 e. The van der Waals surface area contributed by atoms with Crippen LogP contribution >= 0.6 is 0 Å². The second kappa shape index (κ2) is 8.10. The van der Waals surface area contributed by atoms with Gasteiger partial charge in [0.05, 0.1) is 26.2 Å². The zero-order valence-electron chi connectivity index (χ0n) is 16.2. The lowest BCUT2D eigenvalue weighted by molar-refractivity contribution is -0.117. The number of sulfonamides is 1. The van der Waals surface area contributed by atoms with Crippen LogP contribution in [0.1, 0.15) is 12.0 Å². The second-order valence-electron chi connectivity index (χ2n) is 6.59. The number of amides is 1. The minimum absolute atomic E-state index is 0.282. The maximum absolute atomic E-state index is 13.1. The van der Waals surface area contributed by atoms with E-state index in [0.29, 0.717) is 23.7 Å². The summed E-state index contributed by atoms with van der Waals surface area (Å²) in [5.41, 5.74) is 2.23. The summed E-state index contributed by atoms with van der Waals surface area (Å²) in [6.07, 6.45) is 2.82. The summed E-state index contributed by atoms with van der Waals surface area (Å²) < 4.78 is 36.6. The van der Waals surface area contributed by atoms with Crippen molar-refractivity contribution in [3.8, 4) is 11.5 Å². The van der Waals surface area contributed by atoms with Gasteiger partial charge in [0.25, 0.3) is 0 Å². The number of carbonyl (C=O) groups is 1. The van der Waals surface area contributed by atoms with E-state index in [0.717, 1.165) is 34.7 Å². The van der Waals surface area contributed by atoms with E-state index in [2.05, 4.69) is 0 Å². The van der Waals surface area contributed by atoms with Crippen LogP contribution in [0.25, 0.3) is 0 Å². The van der Waals surface area contributed by atoms with Gasteiger partial charge in [-0.3, -0.25) is 9.10 Å². The lowest BCUT2D eigenvalue weighted by Crippen LogP contribution is -2.44. The molecule has 0 saturated carbocycles. The summed E-state index contributed by atoms with van der Waals surface area (Å²) in [5, 5.41) is 0. The molecule has 0 N–H and O–H groups in total. The monoisotopic (exact) mass is 404 g/mol. The van der Waals surface area contributed by atoms with Crippen molar-refractivity contribution in [2.24, 2.45) is 0 Å². The molecule has 1 aliphatic heterocycles. The Balaban J connectivity index is 1.94. The minimum Gasteiger partial charge on any atom is -0.497 e. The van der Waals surface area contributed by atoms with Gasteiger partial charge in [0.2, 0.25) is 15.9 Å². The summed E-state index contributed by atoms with van der Waals surface area (Å²) in [6.45, 7) is 0.253. The highest BCUT2D eigenvalue weighted by molar-refractivity contribution is 7.92. The quantitative estimate of drug-likeness (QED) is 0.739. The van der Waals surface area contributed by atoms with E-state index in [1.165, 1.54) is 14.2 Å². The molecular formula is C20H24N2O5S. The first-order valence-corrected chi connectivity index (χ1v) is 10.8. The predicted molar refractivity (Wildman–Crippen MR) is 109 cm³/mol. The van der Waals surface area contributed by atoms with E-state index in [-0.39, 0.29) is 12.5 Å². The molecule has 1 aliphatic rings. The Hall–Kier alpha value is -2.74. The number of benzene rings is 2. The van der Waals surface area contributed by atoms with Crippen molar-refractivity contribution in [2.45, 2.75) is 12.8 Å². The highest BCUT2D eigenvalue weighted by Crippen LogP contribution is 2.34. The van der Waals surface area contributed by atoms with Crippen LogP contribution in [0.4, 0.5) is 11.4 Å². The molecule has 0 aliphatic carbocycles. The van der Waals surface area contributed by atoms with Gasteiger partial charge in [-0.1, -0.05) is 18.2 Å². The summed E-state index contributed by atoms with van der Waals surface area (Å²) in [7, 11) is -0.756. The first-order chi connectivity index (χ1) is 13.3. The first-order valence-electron chi connectivity index (χ1n) is 8.93. The van der Waals surface area contributed by atoms with Crippen LogP contribution in [0, 0.1) is 0 Å². The molecule has 0 atom stereocenters. The topological polar surface area (TPSA) is 76.2 Å². The van der Waals surface area contributed by atoms with Gasteiger partial charge in [-0.15, -0.1) is 0 Å². The van der Waals surface area contributed by atoms with Gasteiger partial charge in [-0.05, 0) is 36.6 Å². The van der Waals surface area contributed by atoms with Crippen LogP contribution in [0.3, 0.4) is 0 Å². The number of hydrogen-bond acceptors (Lipinski definition) is 5. The molecule has 8 heteroatoms. The molecule has 1 heterocycles. The normalized spacial score (nSPS) is 13.6. The molecule has 2 aromatic rings. The molecule has 1 amide bonds. The van der Waals surface area contributed by atoms with Gasteiger partial charge in [0.15, 0.2) is 0 Å². The number of rotatable bonds is 6. The minimum atomic E-state index is -3.72. The fraction of sp³-hybridized carbons (Fsp3) is 0.350. The number of methoxy groups -OCH3 is 2. The second-order valence-corrected chi connectivity index (χ2v) is 8.49. The molecule has 150 valence electrons. The Bertz CT molecular complexity index is 974. The van der Waals surface area contributed by atoms with E-state index in [9.17, 15) is 13.2 Å². The van der Waals surface area contributed by atoms with Gasteiger partial charge >= 0.3 is 0 Å². The summed E-state index contributed by atoms with van der Waals surface area (Å²) >= 11 is 0. The lowest BCUT2D eigenvalue weighted by atomic mass is 10.0. The Morgan fingerprint density at radius 3 is 2.57 bits per heavy atom. The van der Waals surface area contributed by atoms with E-state index < -0.39 is 10.0 Å². The number of para-hydroxylation sites is 1. The number of carbonyl (C=O) groups excluding carboxylic acids is 1. The summed E-state index contributed by atoms with van der Waals surface area (Å²) in [5.74, 6) is 0.567. The third kappa shape index (κ3) is 4.06. The maximum atomic E-state index is 13.1. The molecule has 7 nitrogen and oxygen atoms in total. The molecule has 0 fully saturated rings.